The van der Waals surface area contributed by atoms with E-state index in [2.05, 4.69) is 39.9 Å². The molecule has 140 valence electrons. The average molecular weight is 355 g/mol. The quantitative estimate of drug-likeness (QED) is 0.822. The Labute approximate surface area is 155 Å². The summed E-state index contributed by atoms with van der Waals surface area (Å²) in [6, 6.07) is 8.03. The molecule has 26 heavy (non-hydrogen) atoms. The second kappa shape index (κ2) is 7.00. The SMILES string of the molecule is Cc1cc(CN2CC3(C[C@@H](COc4ccccn4)CCN3C)C2)n(C)n1. The lowest BCUT2D eigenvalue weighted by atomic mass is 9.75. The van der Waals surface area contributed by atoms with E-state index in [-0.39, 0.29) is 0 Å². The highest BCUT2D eigenvalue weighted by Gasteiger charge is 2.49. The van der Waals surface area contributed by atoms with E-state index in [1.54, 1.807) is 6.20 Å². The third-order valence-corrected chi connectivity index (χ3v) is 5.98. The van der Waals surface area contributed by atoms with Crippen molar-refractivity contribution in [3.63, 3.8) is 0 Å². The minimum atomic E-state index is 0.310. The summed E-state index contributed by atoms with van der Waals surface area (Å²) in [5.74, 6) is 1.34. The molecule has 0 aliphatic carbocycles. The number of hydrogen-bond acceptors (Lipinski definition) is 5. The maximum Gasteiger partial charge on any atom is 0.213 e. The highest BCUT2D eigenvalue weighted by Crippen LogP contribution is 2.39. The third-order valence-electron chi connectivity index (χ3n) is 5.98. The number of nitrogens with zero attached hydrogens (tertiary/aromatic N) is 5. The fourth-order valence-electron chi connectivity index (χ4n) is 4.50. The first kappa shape index (κ1) is 17.5. The summed E-state index contributed by atoms with van der Waals surface area (Å²) in [6.45, 7) is 7.23. The number of aryl methyl sites for hydroxylation is 2. The molecule has 6 heteroatoms. The van der Waals surface area contributed by atoms with Gasteiger partial charge in [0.15, 0.2) is 0 Å². The molecular formula is C20H29N5O. The summed E-state index contributed by atoms with van der Waals surface area (Å²) in [7, 11) is 4.32. The summed E-state index contributed by atoms with van der Waals surface area (Å²) >= 11 is 0. The van der Waals surface area contributed by atoms with Gasteiger partial charge in [-0.25, -0.2) is 4.98 Å². The van der Waals surface area contributed by atoms with Gasteiger partial charge in [0, 0.05) is 44.5 Å². The molecule has 4 rings (SSSR count). The van der Waals surface area contributed by atoms with E-state index in [4.69, 9.17) is 4.74 Å². The fraction of sp³-hybridized carbons (Fsp3) is 0.600. The Bertz CT molecular complexity index is 738. The Morgan fingerprint density at radius 2 is 2.12 bits per heavy atom. The van der Waals surface area contributed by atoms with E-state index in [1.807, 2.05) is 29.9 Å². The number of aromatic nitrogens is 3. The highest BCUT2D eigenvalue weighted by atomic mass is 16.5. The maximum absolute atomic E-state index is 5.93. The molecule has 6 nitrogen and oxygen atoms in total. The van der Waals surface area contributed by atoms with E-state index >= 15 is 0 Å². The van der Waals surface area contributed by atoms with Crippen LogP contribution >= 0.6 is 0 Å². The number of pyridine rings is 1. The van der Waals surface area contributed by atoms with Crippen LogP contribution in [-0.4, -0.2) is 63.4 Å². The van der Waals surface area contributed by atoms with Crippen molar-refractivity contribution in [2.75, 3.05) is 33.3 Å². The number of likely N-dealkylation sites (N-methyl/N-ethyl adjacent to an activating group) is 1. The van der Waals surface area contributed by atoms with Crippen LogP contribution in [0.4, 0.5) is 0 Å². The minimum Gasteiger partial charge on any atom is -0.477 e. The van der Waals surface area contributed by atoms with Gasteiger partial charge in [0.2, 0.25) is 5.88 Å². The molecule has 4 heterocycles. The van der Waals surface area contributed by atoms with Crippen molar-refractivity contribution in [1.29, 1.82) is 0 Å². The Balaban J connectivity index is 1.32. The van der Waals surface area contributed by atoms with Gasteiger partial charge in [0.05, 0.1) is 18.0 Å². The van der Waals surface area contributed by atoms with Crippen molar-refractivity contribution in [1.82, 2.24) is 24.6 Å². The normalized spacial score (nSPS) is 23.1. The largest absolute Gasteiger partial charge is 0.477 e. The molecule has 0 saturated carbocycles. The molecule has 0 aromatic carbocycles. The Morgan fingerprint density at radius 3 is 2.81 bits per heavy atom. The second-order valence-electron chi connectivity index (χ2n) is 8.03. The van der Waals surface area contributed by atoms with Crippen LogP contribution in [0.5, 0.6) is 5.88 Å². The van der Waals surface area contributed by atoms with Gasteiger partial charge in [-0.2, -0.15) is 5.10 Å². The van der Waals surface area contributed by atoms with Crippen LogP contribution in [-0.2, 0) is 13.6 Å². The Morgan fingerprint density at radius 1 is 1.27 bits per heavy atom. The molecule has 1 spiro atoms. The first-order valence-corrected chi connectivity index (χ1v) is 9.51. The predicted molar refractivity (Wildman–Crippen MR) is 101 cm³/mol. The van der Waals surface area contributed by atoms with Crippen molar-refractivity contribution < 1.29 is 4.74 Å². The molecule has 0 N–H and O–H groups in total. The molecule has 0 radical (unpaired) electrons. The van der Waals surface area contributed by atoms with Crippen molar-refractivity contribution in [3.05, 3.63) is 41.9 Å². The van der Waals surface area contributed by atoms with Gasteiger partial charge in [-0.15, -0.1) is 0 Å². The molecule has 2 aromatic heterocycles. The Kier molecular flexibility index (Phi) is 4.71. The van der Waals surface area contributed by atoms with Gasteiger partial charge >= 0.3 is 0 Å². The van der Waals surface area contributed by atoms with Crippen LogP contribution in [0.3, 0.4) is 0 Å². The molecule has 2 fully saturated rings. The molecular weight excluding hydrogens is 326 g/mol. The number of piperidine rings is 1. The minimum absolute atomic E-state index is 0.310. The molecule has 0 bridgehead atoms. The first-order valence-electron chi connectivity index (χ1n) is 9.51. The predicted octanol–water partition coefficient (Wildman–Crippen LogP) is 2.10. The van der Waals surface area contributed by atoms with Crippen molar-refractivity contribution in [2.45, 2.75) is 31.8 Å². The zero-order chi connectivity index (χ0) is 18.1. The monoisotopic (exact) mass is 355 g/mol. The highest BCUT2D eigenvalue weighted by molar-refractivity contribution is 5.13. The van der Waals surface area contributed by atoms with Crippen LogP contribution in [0.1, 0.15) is 24.2 Å². The Hall–Kier alpha value is -1.92. The van der Waals surface area contributed by atoms with Gasteiger partial charge in [0.1, 0.15) is 0 Å². The van der Waals surface area contributed by atoms with Crippen molar-refractivity contribution >= 4 is 0 Å². The lowest BCUT2D eigenvalue weighted by Crippen LogP contribution is -2.71. The van der Waals surface area contributed by atoms with Crippen LogP contribution < -0.4 is 4.74 Å². The van der Waals surface area contributed by atoms with E-state index < -0.39 is 0 Å². The summed E-state index contributed by atoms with van der Waals surface area (Å²) in [5.41, 5.74) is 2.70. The summed E-state index contributed by atoms with van der Waals surface area (Å²) in [6.07, 6.45) is 4.19. The van der Waals surface area contributed by atoms with Crippen LogP contribution in [0.25, 0.3) is 0 Å². The van der Waals surface area contributed by atoms with Gasteiger partial charge in [-0.05, 0) is 51.4 Å². The molecule has 2 aliphatic rings. The van der Waals surface area contributed by atoms with E-state index in [0.29, 0.717) is 11.5 Å². The number of rotatable bonds is 5. The number of likely N-dealkylation sites (tertiary alicyclic amines) is 2. The van der Waals surface area contributed by atoms with Gasteiger partial charge in [-0.1, -0.05) is 6.07 Å². The van der Waals surface area contributed by atoms with Gasteiger partial charge < -0.3 is 4.74 Å². The zero-order valence-electron chi connectivity index (χ0n) is 16.1. The van der Waals surface area contributed by atoms with Crippen molar-refractivity contribution in [2.24, 2.45) is 13.0 Å². The summed E-state index contributed by atoms with van der Waals surface area (Å²) in [4.78, 5) is 9.37. The number of ether oxygens (including phenoxy) is 1. The molecule has 0 amide bonds. The van der Waals surface area contributed by atoms with Gasteiger partial charge in [0.25, 0.3) is 0 Å². The van der Waals surface area contributed by atoms with E-state index in [9.17, 15) is 0 Å². The maximum atomic E-state index is 5.93. The molecule has 2 saturated heterocycles. The molecule has 0 unspecified atom stereocenters. The lowest BCUT2D eigenvalue weighted by molar-refractivity contribution is -0.0881. The molecule has 2 aromatic rings. The summed E-state index contributed by atoms with van der Waals surface area (Å²) < 4.78 is 7.94. The number of hydrogen-bond donors (Lipinski definition) is 0. The third kappa shape index (κ3) is 3.48. The van der Waals surface area contributed by atoms with Crippen molar-refractivity contribution in [3.8, 4) is 5.88 Å². The second-order valence-corrected chi connectivity index (χ2v) is 8.03. The standard InChI is InChI=1S/C20H29N5O/c1-16-10-18(24(3)22-16)12-25-14-20(15-25)11-17(7-9-23(20)2)13-26-19-6-4-5-8-21-19/h4-6,8,10,17H,7,9,11-15H2,1-3H3/t17-/m0/s1. The smallest absolute Gasteiger partial charge is 0.213 e. The average Bonchev–Trinajstić information content (AvgIpc) is 2.92. The summed E-state index contributed by atoms with van der Waals surface area (Å²) in [5, 5.41) is 4.46. The van der Waals surface area contributed by atoms with Crippen LogP contribution in [0.2, 0.25) is 0 Å². The molecule has 2 aliphatic heterocycles. The first-order chi connectivity index (χ1) is 12.5. The zero-order valence-corrected chi connectivity index (χ0v) is 16.1. The van der Waals surface area contributed by atoms with E-state index in [0.717, 1.165) is 44.4 Å². The van der Waals surface area contributed by atoms with Gasteiger partial charge in [-0.3, -0.25) is 14.5 Å². The van der Waals surface area contributed by atoms with Crippen LogP contribution in [0.15, 0.2) is 30.5 Å². The lowest BCUT2D eigenvalue weighted by Gasteiger charge is -2.58. The topological polar surface area (TPSA) is 46.4 Å². The van der Waals surface area contributed by atoms with Crippen LogP contribution in [0, 0.1) is 12.8 Å². The fourth-order valence-corrected chi connectivity index (χ4v) is 4.50. The molecule has 1 atom stereocenters. The van der Waals surface area contributed by atoms with E-state index in [1.165, 1.54) is 18.5 Å².